The maximum absolute atomic E-state index is 12.6. The summed E-state index contributed by atoms with van der Waals surface area (Å²) in [6, 6.07) is -1.69. The molecule has 0 saturated heterocycles. The molecule has 10 N–H and O–H groups in total. The van der Waals surface area contributed by atoms with Crippen LogP contribution in [0.15, 0.2) is 0 Å². The van der Waals surface area contributed by atoms with Crippen LogP contribution in [0, 0.1) is 11.8 Å². The normalized spacial score (nSPS) is 17.4. The van der Waals surface area contributed by atoms with Crippen molar-refractivity contribution in [1.82, 2.24) is 10.6 Å². The second-order valence-corrected chi connectivity index (χ2v) is 7.11. The third-order valence-corrected chi connectivity index (χ3v) is 4.72. The number of carboxylic acid groups (broad SMARTS) is 1. The van der Waals surface area contributed by atoms with Gasteiger partial charge in [0.1, 0.15) is 36.7 Å². The van der Waals surface area contributed by atoms with E-state index in [1.165, 1.54) is 0 Å². The average Bonchev–Trinajstić information content (AvgIpc) is 2.74. The number of ether oxygens (including phenoxy) is 1. The number of carbonyl (C=O) groups excluding carboxylic acids is 5. The summed E-state index contributed by atoms with van der Waals surface area (Å²) < 4.78 is 5.47. The Morgan fingerprint density at radius 2 is 1.67 bits per heavy atom. The molecule has 0 aromatic carbocycles. The van der Waals surface area contributed by atoms with Crippen LogP contribution in [0.1, 0.15) is 19.8 Å². The summed E-state index contributed by atoms with van der Waals surface area (Å²) in [5.41, 5.74) is 10.6. The minimum absolute atomic E-state index is 0.107. The third kappa shape index (κ3) is 9.09. The maximum atomic E-state index is 12.6. The van der Waals surface area contributed by atoms with E-state index in [9.17, 15) is 39.0 Å². The Bertz CT molecular complexity index is 732. The van der Waals surface area contributed by atoms with Crippen LogP contribution in [0.3, 0.4) is 0 Å². The first-order valence-electron chi connectivity index (χ1n) is 9.69. The first-order chi connectivity index (χ1) is 15.3. The molecule has 0 aliphatic rings. The lowest BCUT2D eigenvalue weighted by Crippen LogP contribution is -2.59. The molecule has 0 aliphatic heterocycles. The molecular formula is C18H30N4O11. The highest BCUT2D eigenvalue weighted by atomic mass is 16.5. The van der Waals surface area contributed by atoms with Gasteiger partial charge in [-0.1, -0.05) is 0 Å². The SMILES string of the molecule is CNC(=O)C(O[C@@H]([C@H](O)[C@H](O)CO)[C@H](C=O)NC(C)=O)C(C(N)=O)C(CCC(=O)O)C(N)=O. The Hall–Kier alpha value is -3.14. The van der Waals surface area contributed by atoms with Gasteiger partial charge < -0.3 is 52.1 Å². The number of nitrogens with one attached hydrogen (secondary N) is 2. The summed E-state index contributed by atoms with van der Waals surface area (Å²) in [4.78, 5) is 70.7. The smallest absolute Gasteiger partial charge is 0.303 e. The summed E-state index contributed by atoms with van der Waals surface area (Å²) >= 11 is 0. The van der Waals surface area contributed by atoms with Crippen LogP contribution in [0.5, 0.6) is 0 Å². The van der Waals surface area contributed by atoms with E-state index in [0.29, 0.717) is 0 Å². The molecule has 188 valence electrons. The molecule has 0 fully saturated rings. The minimum atomic E-state index is -2.08. The monoisotopic (exact) mass is 478 g/mol. The van der Waals surface area contributed by atoms with Crippen molar-refractivity contribution in [3.05, 3.63) is 0 Å². The zero-order chi connectivity index (χ0) is 25.9. The zero-order valence-electron chi connectivity index (χ0n) is 18.0. The Labute approximate surface area is 188 Å². The van der Waals surface area contributed by atoms with Crippen molar-refractivity contribution in [2.24, 2.45) is 23.3 Å². The highest BCUT2D eigenvalue weighted by Gasteiger charge is 2.46. The Kier molecular flexibility index (Phi) is 12.8. The lowest BCUT2D eigenvalue weighted by Gasteiger charge is -2.36. The predicted octanol–water partition coefficient (Wildman–Crippen LogP) is -5.03. The van der Waals surface area contributed by atoms with Crippen LogP contribution < -0.4 is 22.1 Å². The highest BCUT2D eigenvalue weighted by molar-refractivity contribution is 5.93. The van der Waals surface area contributed by atoms with Gasteiger partial charge in [-0.25, -0.2) is 0 Å². The van der Waals surface area contributed by atoms with Crippen LogP contribution in [0.2, 0.25) is 0 Å². The fraction of sp³-hybridized carbons (Fsp3) is 0.667. The van der Waals surface area contributed by atoms with Crippen molar-refractivity contribution >= 4 is 35.9 Å². The fourth-order valence-corrected chi connectivity index (χ4v) is 3.09. The lowest BCUT2D eigenvalue weighted by molar-refractivity contribution is -0.172. The van der Waals surface area contributed by atoms with Gasteiger partial charge in [0.05, 0.1) is 18.4 Å². The van der Waals surface area contributed by atoms with Crippen LogP contribution in [-0.2, 0) is 33.5 Å². The number of aliphatic hydroxyl groups is 3. The van der Waals surface area contributed by atoms with Gasteiger partial charge in [-0.2, -0.15) is 0 Å². The summed E-state index contributed by atoms with van der Waals surface area (Å²) in [5, 5.41) is 42.5. The molecular weight excluding hydrogens is 448 g/mol. The molecule has 0 saturated carbocycles. The first kappa shape index (κ1) is 29.9. The number of rotatable bonds is 16. The summed E-state index contributed by atoms with van der Waals surface area (Å²) in [6.07, 6.45) is -8.98. The Balaban J connectivity index is 6.49. The molecule has 0 spiro atoms. The van der Waals surface area contributed by atoms with E-state index in [1.807, 2.05) is 0 Å². The molecule has 0 radical (unpaired) electrons. The molecule has 0 heterocycles. The van der Waals surface area contributed by atoms with Gasteiger partial charge in [-0.3, -0.25) is 24.0 Å². The van der Waals surface area contributed by atoms with Crippen LogP contribution in [-0.4, -0.2) is 100 Å². The molecule has 3 unspecified atom stereocenters. The standard InChI is InChI=1S/C18H30N4O11/c1-7(25)22-9(5-23)14(13(29)10(26)6-24)33-15(18(32)21-2)12(17(20)31)8(16(19)30)3-4-11(27)28/h5,8-10,12-15,24,26,29H,3-4,6H2,1-2H3,(H2,19,30)(H2,20,31)(H,21,32)(H,22,25)(H,27,28)/t8?,9-,10+,12?,13+,14+,15?/m0/s1. The van der Waals surface area contributed by atoms with Crippen LogP contribution >= 0.6 is 0 Å². The van der Waals surface area contributed by atoms with Crippen LogP contribution in [0.4, 0.5) is 0 Å². The maximum Gasteiger partial charge on any atom is 0.303 e. The Morgan fingerprint density at radius 3 is 2.03 bits per heavy atom. The van der Waals surface area contributed by atoms with Gasteiger partial charge in [-0.05, 0) is 6.42 Å². The number of aliphatic carboxylic acids is 1. The van der Waals surface area contributed by atoms with Gasteiger partial charge in [-0.15, -0.1) is 0 Å². The zero-order valence-corrected chi connectivity index (χ0v) is 18.0. The van der Waals surface area contributed by atoms with E-state index in [0.717, 1.165) is 14.0 Å². The van der Waals surface area contributed by atoms with Gasteiger partial charge in [0.15, 0.2) is 0 Å². The summed E-state index contributed by atoms with van der Waals surface area (Å²) in [6.45, 7) is -0.00102. The van der Waals surface area contributed by atoms with Crippen molar-refractivity contribution < 1.29 is 53.9 Å². The number of amides is 4. The molecule has 15 heteroatoms. The van der Waals surface area contributed by atoms with E-state index in [-0.39, 0.29) is 6.29 Å². The number of carbonyl (C=O) groups is 6. The molecule has 15 nitrogen and oxygen atoms in total. The van der Waals surface area contributed by atoms with Gasteiger partial charge >= 0.3 is 5.97 Å². The highest BCUT2D eigenvalue weighted by Crippen LogP contribution is 2.26. The van der Waals surface area contributed by atoms with Crippen molar-refractivity contribution in [2.45, 2.75) is 50.2 Å². The van der Waals surface area contributed by atoms with Gasteiger partial charge in [0.25, 0.3) is 0 Å². The van der Waals surface area contributed by atoms with E-state index >= 15 is 0 Å². The first-order valence-corrected chi connectivity index (χ1v) is 9.69. The number of likely N-dealkylation sites (N-methyl/N-ethyl adjacent to an activating group) is 1. The molecule has 0 aromatic rings. The molecule has 0 bridgehead atoms. The second-order valence-electron chi connectivity index (χ2n) is 7.11. The number of hydrogen-bond donors (Lipinski definition) is 8. The average molecular weight is 478 g/mol. The fourth-order valence-electron chi connectivity index (χ4n) is 3.09. The topological polar surface area (TPSA) is 269 Å². The van der Waals surface area contributed by atoms with Crippen molar-refractivity contribution in [2.75, 3.05) is 13.7 Å². The summed E-state index contributed by atoms with van der Waals surface area (Å²) in [7, 11) is 1.12. The molecule has 0 aromatic heterocycles. The van der Waals surface area contributed by atoms with E-state index in [4.69, 9.17) is 26.4 Å². The number of aliphatic hydroxyl groups excluding tert-OH is 3. The molecule has 0 aliphatic carbocycles. The Morgan fingerprint density at radius 1 is 1.09 bits per heavy atom. The minimum Gasteiger partial charge on any atom is -0.481 e. The number of carboxylic acids is 1. The number of primary amides is 2. The molecule has 4 amide bonds. The predicted molar refractivity (Wildman–Crippen MR) is 108 cm³/mol. The van der Waals surface area contributed by atoms with E-state index in [1.54, 1.807) is 0 Å². The molecule has 0 rings (SSSR count). The lowest BCUT2D eigenvalue weighted by atomic mass is 9.82. The van der Waals surface area contributed by atoms with Crippen molar-refractivity contribution in [3.8, 4) is 0 Å². The van der Waals surface area contributed by atoms with Gasteiger partial charge in [0.2, 0.25) is 23.6 Å². The second kappa shape index (κ2) is 14.1. The van der Waals surface area contributed by atoms with Crippen molar-refractivity contribution in [1.29, 1.82) is 0 Å². The number of hydrogen-bond acceptors (Lipinski definition) is 10. The van der Waals surface area contributed by atoms with Crippen molar-refractivity contribution in [3.63, 3.8) is 0 Å². The van der Waals surface area contributed by atoms with Crippen LogP contribution in [0.25, 0.3) is 0 Å². The van der Waals surface area contributed by atoms with E-state index in [2.05, 4.69) is 10.6 Å². The molecule has 7 atom stereocenters. The molecule has 33 heavy (non-hydrogen) atoms. The van der Waals surface area contributed by atoms with E-state index < -0.39 is 91.3 Å². The number of nitrogens with two attached hydrogens (primary N) is 2. The largest absolute Gasteiger partial charge is 0.481 e. The quantitative estimate of drug-likeness (QED) is 0.0972. The van der Waals surface area contributed by atoms with Gasteiger partial charge in [0, 0.05) is 20.4 Å². The number of aldehydes is 1. The third-order valence-electron chi connectivity index (χ3n) is 4.72. The summed E-state index contributed by atoms with van der Waals surface area (Å²) in [5.74, 6) is -9.15.